The third kappa shape index (κ3) is 2.94. The molecule has 0 saturated heterocycles. The Balaban J connectivity index is 2.23. The van der Waals surface area contributed by atoms with Crippen LogP contribution in [0.15, 0.2) is 0 Å². The Morgan fingerprint density at radius 2 is 1.90 bits per heavy atom. The summed E-state index contributed by atoms with van der Waals surface area (Å²) in [6, 6.07) is 0. The summed E-state index contributed by atoms with van der Waals surface area (Å²) in [5.41, 5.74) is -0.819. The number of rotatable bonds is 0. The Morgan fingerprint density at radius 3 is 2.50 bits per heavy atom. The van der Waals surface area contributed by atoms with Gasteiger partial charge in [0.1, 0.15) is 17.2 Å². The average Bonchev–Trinajstić information content (AvgIpc) is 2.52. The smallest absolute Gasteiger partial charge is 0.410 e. The normalized spacial score (nSPS) is 18.4. The molecule has 0 radical (unpaired) electrons. The molecular weight excluding hydrogens is 256 g/mol. The molecule has 0 atom stereocenters. The van der Waals surface area contributed by atoms with E-state index in [0.29, 0.717) is 19.5 Å². The first-order chi connectivity index (χ1) is 9.10. The van der Waals surface area contributed by atoms with E-state index in [9.17, 15) is 4.79 Å². The van der Waals surface area contributed by atoms with Crippen molar-refractivity contribution in [2.45, 2.75) is 65.6 Å². The minimum atomic E-state index is -0.482. The van der Waals surface area contributed by atoms with Crippen molar-refractivity contribution < 1.29 is 9.53 Å². The number of fused-ring (bicyclic) bond motifs is 1. The fraction of sp³-hybridized carbons (Fsp3) is 0.786. The van der Waals surface area contributed by atoms with Crippen LogP contribution in [0.4, 0.5) is 4.79 Å². The van der Waals surface area contributed by atoms with Crippen molar-refractivity contribution in [1.82, 2.24) is 19.7 Å². The van der Waals surface area contributed by atoms with Gasteiger partial charge in [0, 0.05) is 25.0 Å². The van der Waals surface area contributed by atoms with Crippen LogP contribution in [0.3, 0.4) is 0 Å². The van der Waals surface area contributed by atoms with E-state index in [1.165, 1.54) is 0 Å². The number of carbonyl (C=O) groups excluding carboxylic acids is 1. The minimum Gasteiger partial charge on any atom is -0.444 e. The third-order valence-electron chi connectivity index (χ3n) is 3.49. The quantitative estimate of drug-likeness (QED) is 0.730. The highest BCUT2D eigenvalue weighted by molar-refractivity contribution is 5.69. The van der Waals surface area contributed by atoms with Crippen molar-refractivity contribution in [3.63, 3.8) is 0 Å². The molecule has 6 heteroatoms. The number of nitrogens with zero attached hydrogens (tertiary/aromatic N) is 4. The lowest BCUT2D eigenvalue weighted by atomic mass is 9.98. The lowest BCUT2D eigenvalue weighted by Crippen LogP contribution is -2.50. The van der Waals surface area contributed by atoms with E-state index in [1.54, 1.807) is 4.90 Å². The lowest BCUT2D eigenvalue weighted by Gasteiger charge is -2.37. The number of carbonyl (C=O) groups is 1. The van der Waals surface area contributed by atoms with Crippen molar-refractivity contribution in [2.75, 3.05) is 6.54 Å². The van der Waals surface area contributed by atoms with Crippen LogP contribution in [0.2, 0.25) is 0 Å². The zero-order valence-electron chi connectivity index (χ0n) is 13.2. The van der Waals surface area contributed by atoms with Crippen LogP contribution in [0.5, 0.6) is 0 Å². The number of hydrogen-bond donors (Lipinski definition) is 0. The molecule has 1 aromatic heterocycles. The van der Waals surface area contributed by atoms with E-state index in [2.05, 4.69) is 14.8 Å². The summed E-state index contributed by atoms with van der Waals surface area (Å²) in [5, 5.41) is 8.33. The van der Waals surface area contributed by atoms with E-state index in [0.717, 1.165) is 11.6 Å². The molecule has 112 valence electrons. The van der Waals surface area contributed by atoms with Gasteiger partial charge in [-0.15, -0.1) is 10.2 Å². The SMILES string of the molecule is Cc1nnc2n1CCN(C(=O)OC(C)(C)C)C(C)(C)C2. The van der Waals surface area contributed by atoms with E-state index in [4.69, 9.17) is 4.74 Å². The van der Waals surface area contributed by atoms with Crippen LogP contribution >= 0.6 is 0 Å². The molecule has 0 aliphatic carbocycles. The number of ether oxygens (including phenoxy) is 1. The first-order valence-electron chi connectivity index (χ1n) is 6.99. The first kappa shape index (κ1) is 14.8. The fourth-order valence-corrected chi connectivity index (χ4v) is 2.49. The molecule has 0 fully saturated rings. The average molecular weight is 280 g/mol. The molecule has 1 aliphatic rings. The van der Waals surface area contributed by atoms with E-state index in [1.807, 2.05) is 41.5 Å². The Morgan fingerprint density at radius 1 is 1.25 bits per heavy atom. The fourth-order valence-electron chi connectivity index (χ4n) is 2.49. The molecule has 0 bridgehead atoms. The highest BCUT2D eigenvalue weighted by atomic mass is 16.6. The van der Waals surface area contributed by atoms with Gasteiger partial charge in [-0.2, -0.15) is 0 Å². The molecule has 0 N–H and O–H groups in total. The van der Waals surface area contributed by atoms with Crippen LogP contribution in [0.1, 0.15) is 46.3 Å². The Bertz CT molecular complexity index is 514. The highest BCUT2D eigenvalue weighted by Crippen LogP contribution is 2.25. The van der Waals surface area contributed by atoms with Gasteiger partial charge in [-0.25, -0.2) is 4.79 Å². The molecule has 1 amide bonds. The molecule has 1 aromatic rings. The monoisotopic (exact) mass is 280 g/mol. The molecule has 0 spiro atoms. The predicted octanol–water partition coefficient (Wildman–Crippen LogP) is 2.16. The maximum absolute atomic E-state index is 12.4. The maximum Gasteiger partial charge on any atom is 0.410 e. The van der Waals surface area contributed by atoms with Crippen molar-refractivity contribution in [1.29, 1.82) is 0 Å². The predicted molar refractivity (Wildman–Crippen MR) is 75.5 cm³/mol. The van der Waals surface area contributed by atoms with Gasteiger partial charge >= 0.3 is 6.09 Å². The van der Waals surface area contributed by atoms with E-state index >= 15 is 0 Å². The zero-order valence-corrected chi connectivity index (χ0v) is 13.2. The van der Waals surface area contributed by atoms with Crippen molar-refractivity contribution in [3.8, 4) is 0 Å². The Hall–Kier alpha value is -1.59. The molecule has 0 unspecified atom stereocenters. The summed E-state index contributed by atoms with van der Waals surface area (Å²) in [4.78, 5) is 14.2. The summed E-state index contributed by atoms with van der Waals surface area (Å²) in [5.74, 6) is 1.82. The first-order valence-corrected chi connectivity index (χ1v) is 6.99. The molecule has 0 aromatic carbocycles. The standard InChI is InChI=1S/C14H24N4O2/c1-10-15-16-11-9-14(5,6)18(8-7-17(10)11)12(19)20-13(2,3)4/h7-9H2,1-6H3. The van der Waals surface area contributed by atoms with Crippen LogP contribution in [-0.2, 0) is 17.7 Å². The summed E-state index contributed by atoms with van der Waals surface area (Å²) >= 11 is 0. The number of aryl methyl sites for hydroxylation is 1. The molecule has 6 nitrogen and oxygen atoms in total. The number of amides is 1. The third-order valence-corrected chi connectivity index (χ3v) is 3.49. The van der Waals surface area contributed by atoms with E-state index in [-0.39, 0.29) is 11.6 Å². The minimum absolute atomic E-state index is 0.265. The summed E-state index contributed by atoms with van der Waals surface area (Å²) in [6.45, 7) is 13.0. The summed E-state index contributed by atoms with van der Waals surface area (Å²) in [6.07, 6.45) is 0.409. The molecule has 1 aliphatic heterocycles. The van der Waals surface area contributed by atoms with Crippen LogP contribution in [0.25, 0.3) is 0 Å². The Labute approximate surface area is 120 Å². The van der Waals surface area contributed by atoms with Crippen molar-refractivity contribution >= 4 is 6.09 Å². The topological polar surface area (TPSA) is 60.2 Å². The van der Waals surface area contributed by atoms with Crippen molar-refractivity contribution in [3.05, 3.63) is 11.6 Å². The second-order valence-electron chi connectivity index (χ2n) is 6.94. The van der Waals surface area contributed by atoms with Gasteiger partial charge in [0.25, 0.3) is 0 Å². The molecule has 2 rings (SSSR count). The van der Waals surface area contributed by atoms with Gasteiger partial charge in [-0.05, 0) is 41.5 Å². The van der Waals surface area contributed by atoms with Gasteiger partial charge in [-0.1, -0.05) is 0 Å². The van der Waals surface area contributed by atoms with Gasteiger partial charge in [0.2, 0.25) is 0 Å². The number of hydrogen-bond acceptors (Lipinski definition) is 4. The highest BCUT2D eigenvalue weighted by Gasteiger charge is 2.37. The Kier molecular flexibility index (Phi) is 3.52. The molecule has 0 saturated carbocycles. The molecule has 20 heavy (non-hydrogen) atoms. The summed E-state index contributed by atoms with van der Waals surface area (Å²) < 4.78 is 7.59. The summed E-state index contributed by atoms with van der Waals surface area (Å²) in [7, 11) is 0. The van der Waals surface area contributed by atoms with Crippen LogP contribution in [0, 0.1) is 6.92 Å². The van der Waals surface area contributed by atoms with Gasteiger partial charge in [-0.3, -0.25) is 0 Å². The van der Waals surface area contributed by atoms with Gasteiger partial charge in [0.05, 0.1) is 0 Å². The van der Waals surface area contributed by atoms with Gasteiger partial charge < -0.3 is 14.2 Å². The maximum atomic E-state index is 12.4. The second-order valence-corrected chi connectivity index (χ2v) is 6.94. The van der Waals surface area contributed by atoms with Crippen LogP contribution < -0.4 is 0 Å². The zero-order chi connectivity index (χ0) is 15.1. The van der Waals surface area contributed by atoms with Crippen molar-refractivity contribution in [2.24, 2.45) is 0 Å². The van der Waals surface area contributed by atoms with E-state index < -0.39 is 5.60 Å². The number of aromatic nitrogens is 3. The van der Waals surface area contributed by atoms with Gasteiger partial charge in [0.15, 0.2) is 0 Å². The second kappa shape index (κ2) is 4.75. The largest absolute Gasteiger partial charge is 0.444 e. The van der Waals surface area contributed by atoms with Crippen LogP contribution in [-0.4, -0.2) is 43.4 Å². The lowest BCUT2D eigenvalue weighted by molar-refractivity contribution is 0.00406. The molecule has 2 heterocycles. The molecular formula is C14H24N4O2.